The predicted molar refractivity (Wildman–Crippen MR) is 111 cm³/mol. The minimum atomic E-state index is -0.965. The van der Waals surface area contributed by atoms with Gasteiger partial charge < -0.3 is 14.5 Å². The normalized spacial score (nSPS) is 16.8. The van der Waals surface area contributed by atoms with E-state index in [-0.39, 0.29) is 11.5 Å². The number of methoxy groups -OCH3 is 1. The summed E-state index contributed by atoms with van der Waals surface area (Å²) in [5, 5.41) is 0. The Morgan fingerprint density at radius 3 is 2.66 bits per heavy atom. The number of ether oxygens (including phenoxy) is 2. The van der Waals surface area contributed by atoms with Crippen LogP contribution in [0.1, 0.15) is 78.9 Å². The second-order valence-corrected chi connectivity index (χ2v) is 8.74. The van der Waals surface area contributed by atoms with Gasteiger partial charge in [-0.2, -0.15) is 0 Å². The molecule has 0 fully saturated rings. The SMILES string of the molecule is CC[C@H]1CCc2sc(C(=O)O[C@@H](C)C(=O)c3[nH]c(C)c(C(=O)OC)c3C)cc2C1. The summed E-state index contributed by atoms with van der Waals surface area (Å²) in [6, 6.07) is 1.92. The van der Waals surface area contributed by atoms with E-state index >= 15 is 0 Å². The fourth-order valence-corrected chi connectivity index (χ4v) is 5.02. The van der Waals surface area contributed by atoms with Crippen LogP contribution in [0.2, 0.25) is 0 Å². The van der Waals surface area contributed by atoms with Crippen LogP contribution in [0.3, 0.4) is 0 Å². The second-order valence-electron chi connectivity index (χ2n) is 7.60. The Balaban J connectivity index is 1.73. The summed E-state index contributed by atoms with van der Waals surface area (Å²) in [5.74, 6) is -0.687. The maximum Gasteiger partial charge on any atom is 0.349 e. The quantitative estimate of drug-likeness (QED) is 0.555. The number of rotatable bonds is 6. The molecule has 2 heterocycles. The first-order valence-electron chi connectivity index (χ1n) is 9.91. The molecule has 0 aromatic carbocycles. The van der Waals surface area contributed by atoms with E-state index in [1.165, 1.54) is 28.9 Å². The maximum absolute atomic E-state index is 12.8. The van der Waals surface area contributed by atoms with Gasteiger partial charge in [-0.3, -0.25) is 4.79 Å². The highest BCUT2D eigenvalue weighted by Gasteiger charge is 2.29. The van der Waals surface area contributed by atoms with Crippen molar-refractivity contribution in [2.75, 3.05) is 7.11 Å². The molecule has 2 atom stereocenters. The molecule has 156 valence electrons. The molecule has 1 aliphatic rings. The second kappa shape index (κ2) is 8.53. The summed E-state index contributed by atoms with van der Waals surface area (Å²) in [6.45, 7) is 7.12. The Morgan fingerprint density at radius 2 is 2.00 bits per heavy atom. The average molecular weight is 418 g/mol. The molecule has 3 rings (SSSR count). The monoisotopic (exact) mass is 417 g/mol. The molecule has 0 bridgehead atoms. The molecule has 7 heteroatoms. The number of carbonyl (C=O) groups is 3. The van der Waals surface area contributed by atoms with Crippen molar-refractivity contribution >= 4 is 29.1 Å². The van der Waals surface area contributed by atoms with Crippen LogP contribution in [-0.2, 0) is 22.3 Å². The van der Waals surface area contributed by atoms with Crippen molar-refractivity contribution in [1.29, 1.82) is 0 Å². The predicted octanol–water partition coefficient (Wildman–Crippen LogP) is 4.42. The Labute approximate surface area is 174 Å². The molecule has 0 amide bonds. The molecule has 2 aromatic heterocycles. The van der Waals surface area contributed by atoms with Crippen LogP contribution < -0.4 is 0 Å². The van der Waals surface area contributed by atoms with Gasteiger partial charge in [0.25, 0.3) is 0 Å². The molecule has 0 spiro atoms. The molecule has 29 heavy (non-hydrogen) atoms. The number of carbonyl (C=O) groups excluding carboxylic acids is 3. The van der Waals surface area contributed by atoms with E-state index in [9.17, 15) is 14.4 Å². The third-order valence-corrected chi connectivity index (χ3v) is 6.91. The van der Waals surface area contributed by atoms with Crippen molar-refractivity contribution in [3.8, 4) is 0 Å². The van der Waals surface area contributed by atoms with Crippen molar-refractivity contribution in [2.45, 2.75) is 59.5 Å². The highest BCUT2D eigenvalue weighted by atomic mass is 32.1. The summed E-state index contributed by atoms with van der Waals surface area (Å²) in [5.41, 5.74) is 2.88. The number of aromatic amines is 1. The molecule has 1 aliphatic carbocycles. The van der Waals surface area contributed by atoms with Gasteiger partial charge in [0.2, 0.25) is 5.78 Å². The molecule has 0 radical (unpaired) electrons. The number of hydrogen-bond acceptors (Lipinski definition) is 6. The third kappa shape index (κ3) is 4.15. The molecule has 0 unspecified atom stereocenters. The highest BCUT2D eigenvalue weighted by molar-refractivity contribution is 7.14. The van der Waals surface area contributed by atoms with Crippen molar-refractivity contribution in [2.24, 2.45) is 5.92 Å². The van der Waals surface area contributed by atoms with Gasteiger partial charge in [0.15, 0.2) is 6.10 Å². The fraction of sp³-hybridized carbons (Fsp3) is 0.500. The third-order valence-electron chi connectivity index (χ3n) is 5.69. The van der Waals surface area contributed by atoms with Gasteiger partial charge in [0.05, 0.1) is 18.4 Å². The van der Waals surface area contributed by atoms with E-state index in [0.29, 0.717) is 27.6 Å². The Morgan fingerprint density at radius 1 is 1.28 bits per heavy atom. The number of hydrogen-bond donors (Lipinski definition) is 1. The number of aryl methyl sites for hydroxylation is 2. The lowest BCUT2D eigenvalue weighted by Crippen LogP contribution is -2.25. The van der Waals surface area contributed by atoms with Gasteiger partial charge >= 0.3 is 11.9 Å². The van der Waals surface area contributed by atoms with Crippen LogP contribution in [0.5, 0.6) is 0 Å². The van der Waals surface area contributed by atoms with Gasteiger partial charge in [-0.15, -0.1) is 11.3 Å². The van der Waals surface area contributed by atoms with Gasteiger partial charge in [-0.05, 0) is 63.1 Å². The summed E-state index contributed by atoms with van der Waals surface area (Å²) in [6.07, 6.45) is 3.33. The lowest BCUT2D eigenvalue weighted by molar-refractivity contribution is 0.0321. The van der Waals surface area contributed by atoms with E-state index in [1.54, 1.807) is 20.8 Å². The average Bonchev–Trinajstić information content (AvgIpc) is 3.26. The van der Waals surface area contributed by atoms with Gasteiger partial charge in [-0.25, -0.2) is 9.59 Å². The number of nitrogens with one attached hydrogen (secondary N) is 1. The van der Waals surface area contributed by atoms with Crippen molar-refractivity contribution in [3.05, 3.63) is 43.9 Å². The van der Waals surface area contributed by atoms with Gasteiger partial charge in [0, 0.05) is 10.6 Å². The minimum absolute atomic E-state index is 0.263. The molecule has 2 aromatic rings. The fourth-order valence-electron chi connectivity index (χ4n) is 3.93. The Kier molecular flexibility index (Phi) is 6.27. The smallest absolute Gasteiger partial charge is 0.349 e. The van der Waals surface area contributed by atoms with Crippen molar-refractivity contribution in [3.63, 3.8) is 0 Å². The van der Waals surface area contributed by atoms with E-state index in [0.717, 1.165) is 25.7 Å². The zero-order valence-electron chi connectivity index (χ0n) is 17.5. The zero-order chi connectivity index (χ0) is 21.3. The van der Waals surface area contributed by atoms with Crippen LogP contribution in [0.25, 0.3) is 0 Å². The summed E-state index contributed by atoms with van der Waals surface area (Å²) in [4.78, 5) is 42.1. The Bertz CT molecular complexity index is 955. The largest absolute Gasteiger partial charge is 0.465 e. The number of esters is 2. The number of ketones is 1. The van der Waals surface area contributed by atoms with Gasteiger partial charge in [-0.1, -0.05) is 13.3 Å². The lowest BCUT2D eigenvalue weighted by atomic mass is 9.87. The van der Waals surface area contributed by atoms with Crippen LogP contribution in [0.15, 0.2) is 6.07 Å². The van der Waals surface area contributed by atoms with Crippen LogP contribution in [0, 0.1) is 19.8 Å². The number of thiophene rings is 1. The van der Waals surface area contributed by atoms with Crippen molar-refractivity contribution < 1.29 is 23.9 Å². The molecular formula is C22H27NO5S. The van der Waals surface area contributed by atoms with Crippen LogP contribution in [0.4, 0.5) is 0 Å². The standard InChI is InChI=1S/C22H27NO5S/c1-6-14-7-8-16-15(9-14)10-17(29-16)21(25)28-13(4)20(24)19-11(2)18(12(3)23-19)22(26)27-5/h10,13-14,23H,6-9H2,1-5H3/t13-,14-/m0/s1. The number of Topliss-reactive ketones (excluding diaryl/α,β-unsaturated/α-hetero) is 1. The van der Waals surface area contributed by atoms with E-state index in [1.807, 2.05) is 6.07 Å². The maximum atomic E-state index is 12.8. The van der Waals surface area contributed by atoms with Crippen LogP contribution >= 0.6 is 11.3 Å². The number of H-pyrrole nitrogens is 1. The first-order chi connectivity index (χ1) is 13.8. The molecular weight excluding hydrogens is 390 g/mol. The minimum Gasteiger partial charge on any atom is -0.465 e. The summed E-state index contributed by atoms with van der Waals surface area (Å²) < 4.78 is 10.2. The lowest BCUT2D eigenvalue weighted by Gasteiger charge is -2.19. The van der Waals surface area contributed by atoms with Crippen LogP contribution in [-0.4, -0.2) is 35.9 Å². The Hall–Kier alpha value is -2.41. The topological polar surface area (TPSA) is 85.5 Å². The molecule has 0 saturated carbocycles. The first kappa shape index (κ1) is 21.3. The molecule has 0 saturated heterocycles. The summed E-state index contributed by atoms with van der Waals surface area (Å²) in [7, 11) is 1.30. The van der Waals surface area contributed by atoms with Gasteiger partial charge in [0.1, 0.15) is 4.88 Å². The van der Waals surface area contributed by atoms with E-state index in [2.05, 4.69) is 11.9 Å². The molecule has 0 aliphatic heterocycles. The zero-order valence-corrected chi connectivity index (χ0v) is 18.3. The number of fused-ring (bicyclic) bond motifs is 1. The van der Waals surface area contributed by atoms with Crippen molar-refractivity contribution in [1.82, 2.24) is 4.98 Å². The molecule has 1 N–H and O–H groups in total. The first-order valence-corrected chi connectivity index (χ1v) is 10.7. The van der Waals surface area contributed by atoms with E-state index < -0.39 is 18.0 Å². The highest BCUT2D eigenvalue weighted by Crippen LogP contribution is 2.34. The number of aromatic nitrogens is 1. The molecule has 6 nitrogen and oxygen atoms in total. The summed E-state index contributed by atoms with van der Waals surface area (Å²) >= 11 is 1.47. The van der Waals surface area contributed by atoms with E-state index in [4.69, 9.17) is 9.47 Å².